The van der Waals surface area contributed by atoms with Gasteiger partial charge in [-0.15, -0.1) is 0 Å². The van der Waals surface area contributed by atoms with Gasteiger partial charge in [-0.25, -0.2) is 0 Å². The van der Waals surface area contributed by atoms with E-state index in [0.29, 0.717) is 11.5 Å². The second-order valence-corrected chi connectivity index (χ2v) is 7.17. The van der Waals surface area contributed by atoms with Crippen LogP contribution in [-0.4, -0.2) is 34.6 Å². The van der Waals surface area contributed by atoms with Crippen LogP contribution in [0.3, 0.4) is 0 Å². The van der Waals surface area contributed by atoms with Crippen LogP contribution in [0.25, 0.3) is 22.2 Å². The van der Waals surface area contributed by atoms with Crippen LogP contribution in [-0.2, 0) is 0 Å². The first kappa shape index (κ1) is 19.7. The molecule has 0 aliphatic rings. The first-order valence-corrected chi connectivity index (χ1v) is 9.67. The van der Waals surface area contributed by atoms with Crippen molar-refractivity contribution in [3.63, 3.8) is 0 Å². The molecule has 0 saturated carbocycles. The van der Waals surface area contributed by atoms with Crippen molar-refractivity contribution in [1.82, 2.24) is 20.4 Å². The zero-order valence-electron chi connectivity index (χ0n) is 17.7. The van der Waals surface area contributed by atoms with Gasteiger partial charge in [0.2, 0.25) is 0 Å². The molecule has 2 heterocycles. The third-order valence-corrected chi connectivity index (χ3v) is 5.15. The highest BCUT2D eigenvalue weighted by Gasteiger charge is 2.16. The molecule has 0 saturated heterocycles. The van der Waals surface area contributed by atoms with Crippen molar-refractivity contribution in [3.05, 3.63) is 59.4 Å². The van der Waals surface area contributed by atoms with Gasteiger partial charge in [-0.05, 0) is 56.7 Å². The normalized spacial score (nSPS) is 12.0. The van der Waals surface area contributed by atoms with Crippen LogP contribution in [0.15, 0.2) is 42.6 Å². The number of fused-ring (bicyclic) bond motifs is 1. The zero-order valence-corrected chi connectivity index (χ0v) is 17.7. The molecule has 0 bridgehead atoms. The first-order chi connectivity index (χ1) is 14.5. The van der Waals surface area contributed by atoms with E-state index in [9.17, 15) is 0 Å². The lowest BCUT2D eigenvalue weighted by Gasteiger charge is -2.18. The predicted molar refractivity (Wildman–Crippen MR) is 115 cm³/mol. The maximum absolute atomic E-state index is 6.26. The standard InChI is InChI=1S/C23H24N4O3/c1-13-12-24-25-14(2)22(13)15(3)30-17-6-7-21-20(11-17)23(27-26-21)16-8-18(28-4)10-19(9-16)29-5/h6-12,15H,1-5H3,(H,26,27). The minimum Gasteiger partial charge on any atom is -0.497 e. The largest absolute Gasteiger partial charge is 0.497 e. The Balaban J connectivity index is 1.72. The Bertz CT molecular complexity index is 1160. The lowest BCUT2D eigenvalue weighted by molar-refractivity contribution is 0.225. The Hall–Kier alpha value is -3.61. The van der Waals surface area contributed by atoms with Gasteiger partial charge >= 0.3 is 0 Å². The van der Waals surface area contributed by atoms with E-state index in [2.05, 4.69) is 20.4 Å². The van der Waals surface area contributed by atoms with Crippen molar-refractivity contribution >= 4 is 10.9 Å². The van der Waals surface area contributed by atoms with E-state index in [-0.39, 0.29) is 6.10 Å². The van der Waals surface area contributed by atoms with E-state index in [4.69, 9.17) is 14.2 Å². The van der Waals surface area contributed by atoms with E-state index < -0.39 is 0 Å². The summed E-state index contributed by atoms with van der Waals surface area (Å²) in [6.45, 7) is 5.98. The number of rotatable bonds is 6. The van der Waals surface area contributed by atoms with Crippen molar-refractivity contribution in [2.24, 2.45) is 0 Å². The van der Waals surface area contributed by atoms with E-state index >= 15 is 0 Å². The number of nitrogens with one attached hydrogen (secondary N) is 1. The van der Waals surface area contributed by atoms with Gasteiger partial charge in [-0.2, -0.15) is 15.3 Å². The molecule has 1 atom stereocenters. The van der Waals surface area contributed by atoms with Gasteiger partial charge in [0.1, 0.15) is 29.0 Å². The summed E-state index contributed by atoms with van der Waals surface area (Å²) < 4.78 is 17.1. The molecule has 7 nitrogen and oxygen atoms in total. The molecular weight excluding hydrogens is 380 g/mol. The van der Waals surface area contributed by atoms with Crippen molar-refractivity contribution in [2.45, 2.75) is 26.9 Å². The molecule has 2 aromatic heterocycles. The van der Waals surface area contributed by atoms with Crippen molar-refractivity contribution in [3.8, 4) is 28.5 Å². The third kappa shape index (κ3) is 3.66. The van der Waals surface area contributed by atoms with Gasteiger partial charge in [0, 0.05) is 22.6 Å². The van der Waals surface area contributed by atoms with Crippen LogP contribution in [0.5, 0.6) is 17.2 Å². The lowest BCUT2D eigenvalue weighted by Crippen LogP contribution is -2.09. The fraction of sp³-hybridized carbons (Fsp3) is 0.261. The number of H-pyrrole nitrogens is 1. The molecule has 0 fully saturated rings. The quantitative estimate of drug-likeness (QED) is 0.497. The topological polar surface area (TPSA) is 82.2 Å². The van der Waals surface area contributed by atoms with Crippen molar-refractivity contribution in [1.29, 1.82) is 0 Å². The molecule has 154 valence electrons. The Morgan fingerprint density at radius 1 is 0.933 bits per heavy atom. The summed E-state index contributed by atoms with van der Waals surface area (Å²) in [7, 11) is 3.26. The molecule has 4 rings (SSSR count). The highest BCUT2D eigenvalue weighted by molar-refractivity contribution is 5.94. The summed E-state index contributed by atoms with van der Waals surface area (Å²) in [4.78, 5) is 0. The molecule has 2 aromatic carbocycles. The molecule has 0 aliphatic heterocycles. The molecule has 0 spiro atoms. The average Bonchev–Trinajstić information content (AvgIpc) is 3.16. The van der Waals surface area contributed by atoms with Crippen LogP contribution in [0.2, 0.25) is 0 Å². The second-order valence-electron chi connectivity index (χ2n) is 7.17. The summed E-state index contributed by atoms with van der Waals surface area (Å²) in [6, 6.07) is 11.6. The third-order valence-electron chi connectivity index (χ3n) is 5.15. The molecule has 0 amide bonds. The number of benzene rings is 2. The van der Waals surface area contributed by atoms with Crippen LogP contribution in [0.4, 0.5) is 0 Å². The summed E-state index contributed by atoms with van der Waals surface area (Å²) in [5.74, 6) is 2.17. The van der Waals surface area contributed by atoms with E-state index in [1.165, 1.54) is 0 Å². The number of hydrogen-bond acceptors (Lipinski definition) is 6. The van der Waals surface area contributed by atoms with E-state index in [1.54, 1.807) is 20.4 Å². The van der Waals surface area contributed by atoms with Gasteiger partial charge in [-0.1, -0.05) is 0 Å². The minimum absolute atomic E-state index is 0.162. The highest BCUT2D eigenvalue weighted by atomic mass is 16.5. The second kappa shape index (κ2) is 8.02. The van der Waals surface area contributed by atoms with Gasteiger partial charge in [0.05, 0.1) is 31.6 Å². The molecule has 4 aromatic rings. The Morgan fingerprint density at radius 2 is 1.67 bits per heavy atom. The summed E-state index contributed by atoms with van der Waals surface area (Å²) in [5, 5.41) is 16.7. The lowest BCUT2D eigenvalue weighted by atomic mass is 10.0. The van der Waals surface area contributed by atoms with E-state index in [1.807, 2.05) is 57.2 Å². The highest BCUT2D eigenvalue weighted by Crippen LogP contribution is 2.35. The molecule has 30 heavy (non-hydrogen) atoms. The van der Waals surface area contributed by atoms with Crippen molar-refractivity contribution in [2.75, 3.05) is 14.2 Å². The molecule has 0 aliphatic carbocycles. The van der Waals surface area contributed by atoms with Crippen molar-refractivity contribution < 1.29 is 14.2 Å². The summed E-state index contributed by atoms with van der Waals surface area (Å²) in [6.07, 6.45) is 1.60. The maximum Gasteiger partial charge on any atom is 0.123 e. The molecule has 7 heteroatoms. The number of ether oxygens (including phenoxy) is 3. The number of aromatic nitrogens is 4. The van der Waals surface area contributed by atoms with Gasteiger partial charge in [0.25, 0.3) is 0 Å². The number of hydrogen-bond donors (Lipinski definition) is 1. The van der Waals surface area contributed by atoms with Crippen LogP contribution >= 0.6 is 0 Å². The SMILES string of the molecule is COc1cc(OC)cc(-c2n[nH]c3ccc(OC(C)c4c(C)cnnc4C)cc23)c1. The summed E-state index contributed by atoms with van der Waals surface area (Å²) >= 11 is 0. The smallest absolute Gasteiger partial charge is 0.123 e. The van der Waals surface area contributed by atoms with Crippen LogP contribution in [0, 0.1) is 13.8 Å². The molecule has 0 radical (unpaired) electrons. The molecular formula is C23H24N4O3. The monoisotopic (exact) mass is 404 g/mol. The van der Waals surface area contributed by atoms with Gasteiger partial charge < -0.3 is 14.2 Å². The summed E-state index contributed by atoms with van der Waals surface area (Å²) in [5.41, 5.74) is 5.60. The number of methoxy groups -OCH3 is 2. The number of aryl methyl sites for hydroxylation is 2. The van der Waals surface area contributed by atoms with Crippen LogP contribution < -0.4 is 14.2 Å². The first-order valence-electron chi connectivity index (χ1n) is 9.67. The van der Waals surface area contributed by atoms with Crippen LogP contribution in [0.1, 0.15) is 29.8 Å². The number of aromatic amines is 1. The zero-order chi connectivity index (χ0) is 21.3. The maximum atomic E-state index is 6.26. The fourth-order valence-electron chi connectivity index (χ4n) is 3.72. The average molecular weight is 404 g/mol. The van der Waals surface area contributed by atoms with E-state index in [0.717, 1.165) is 44.7 Å². The van der Waals surface area contributed by atoms with Gasteiger partial charge in [0.15, 0.2) is 0 Å². The fourth-order valence-corrected chi connectivity index (χ4v) is 3.72. The predicted octanol–water partition coefficient (Wildman–Crippen LogP) is 4.79. The Kier molecular flexibility index (Phi) is 5.27. The van der Waals surface area contributed by atoms with Gasteiger partial charge in [-0.3, -0.25) is 5.10 Å². The molecule has 1 N–H and O–H groups in total. The molecule has 1 unspecified atom stereocenters. The Labute approximate surface area is 175 Å². The number of nitrogens with zero attached hydrogens (tertiary/aromatic N) is 3. The minimum atomic E-state index is -0.162. The Morgan fingerprint density at radius 3 is 2.33 bits per heavy atom.